The van der Waals surface area contributed by atoms with Gasteiger partial charge in [-0.25, -0.2) is 0 Å². The smallest absolute Gasteiger partial charge is 0.170 e. The molecule has 4 nitrogen and oxygen atoms in total. The average Bonchev–Trinajstić information content (AvgIpc) is 3.53. The topological polar surface area (TPSA) is 52.6 Å². The lowest BCUT2D eigenvalue weighted by molar-refractivity contribution is -0.139. The van der Waals surface area contributed by atoms with Crippen LogP contribution in [-0.2, 0) is 22.5 Å². The number of ketones is 1. The van der Waals surface area contributed by atoms with Gasteiger partial charge in [-0.3, -0.25) is 15.0 Å². The molecule has 0 amide bonds. The molecule has 3 saturated heterocycles. The predicted molar refractivity (Wildman–Crippen MR) is 179 cm³/mol. The van der Waals surface area contributed by atoms with Crippen LogP contribution in [0.5, 0.6) is 0 Å². The molecule has 1 unspecified atom stereocenters. The summed E-state index contributed by atoms with van der Waals surface area (Å²) in [5.41, 5.74) is 5.07. The summed E-state index contributed by atoms with van der Waals surface area (Å²) >= 11 is 0. The normalized spacial score (nSPS) is 31.8. The van der Waals surface area contributed by atoms with Crippen LogP contribution in [-0.4, -0.2) is 34.9 Å². The molecule has 222 valence electrons. The fraction of sp³-hybridized carbons (Fsp3) is 0.244. The molecule has 45 heavy (non-hydrogen) atoms. The minimum atomic E-state index is -1.40. The van der Waals surface area contributed by atoms with E-state index in [1.807, 2.05) is 12.1 Å². The maximum atomic E-state index is 15.6. The summed E-state index contributed by atoms with van der Waals surface area (Å²) in [5.74, 6) is -0.0256. The molecule has 0 saturated carbocycles. The number of hydrogen-bond acceptors (Lipinski definition) is 4. The molecule has 2 spiro atoms. The van der Waals surface area contributed by atoms with E-state index in [1.165, 1.54) is 16.7 Å². The van der Waals surface area contributed by atoms with Crippen molar-refractivity contribution in [1.82, 2.24) is 10.2 Å². The van der Waals surface area contributed by atoms with Crippen LogP contribution in [0.4, 0.5) is 0 Å². The SMILES string of the molecule is Cc1ccc(/C=C2\CN3C[C@@]4(C2=O)[C@@H](c2ccc(C)cc2)[C@H](Cc2ccccc2)N[C@]42c4cccc5cccc(c45)[C@]32O)cc1. The highest BCUT2D eigenvalue weighted by atomic mass is 16.3. The highest BCUT2D eigenvalue weighted by Gasteiger charge is 2.84. The summed E-state index contributed by atoms with van der Waals surface area (Å²) in [5, 5.41) is 19.8. The number of piperidine rings is 1. The van der Waals surface area contributed by atoms with Gasteiger partial charge in [0.25, 0.3) is 0 Å². The van der Waals surface area contributed by atoms with Crippen LogP contribution in [0.3, 0.4) is 0 Å². The summed E-state index contributed by atoms with van der Waals surface area (Å²) in [7, 11) is 0. The van der Waals surface area contributed by atoms with Crippen molar-refractivity contribution in [2.24, 2.45) is 5.41 Å². The average molecular weight is 589 g/mol. The van der Waals surface area contributed by atoms with Crippen LogP contribution >= 0.6 is 0 Å². The fourth-order valence-corrected chi connectivity index (χ4v) is 9.59. The van der Waals surface area contributed by atoms with Crippen molar-refractivity contribution >= 4 is 22.6 Å². The van der Waals surface area contributed by atoms with Gasteiger partial charge in [-0.1, -0.05) is 126 Å². The van der Waals surface area contributed by atoms with E-state index in [9.17, 15) is 5.11 Å². The van der Waals surface area contributed by atoms with Crippen molar-refractivity contribution in [2.75, 3.05) is 13.1 Å². The highest BCUT2D eigenvalue weighted by molar-refractivity contribution is 6.09. The Morgan fingerprint density at radius 1 is 0.822 bits per heavy atom. The Morgan fingerprint density at radius 2 is 1.49 bits per heavy atom. The molecular weight excluding hydrogens is 552 g/mol. The molecule has 3 aliphatic heterocycles. The Kier molecular flexibility index (Phi) is 5.60. The molecule has 2 bridgehead atoms. The van der Waals surface area contributed by atoms with Gasteiger partial charge in [-0.05, 0) is 59.4 Å². The zero-order valence-electron chi connectivity index (χ0n) is 25.6. The van der Waals surface area contributed by atoms with Gasteiger partial charge in [0, 0.05) is 36.2 Å². The second-order valence-corrected chi connectivity index (χ2v) is 13.7. The lowest BCUT2D eigenvalue weighted by Crippen LogP contribution is -2.60. The van der Waals surface area contributed by atoms with Crippen molar-refractivity contribution in [3.63, 3.8) is 0 Å². The van der Waals surface area contributed by atoms with Gasteiger partial charge < -0.3 is 5.11 Å². The van der Waals surface area contributed by atoms with Gasteiger partial charge in [-0.2, -0.15) is 0 Å². The van der Waals surface area contributed by atoms with Gasteiger partial charge in [0.15, 0.2) is 11.5 Å². The number of rotatable bonds is 4. The van der Waals surface area contributed by atoms with Crippen molar-refractivity contribution in [3.8, 4) is 0 Å². The molecule has 5 aromatic carbocycles. The molecular formula is C41H36N2O2. The van der Waals surface area contributed by atoms with Gasteiger partial charge in [0.1, 0.15) is 5.54 Å². The number of benzene rings is 5. The first kappa shape index (κ1) is 27.0. The van der Waals surface area contributed by atoms with E-state index in [0.717, 1.165) is 45.0 Å². The van der Waals surface area contributed by atoms with E-state index >= 15 is 4.79 Å². The van der Waals surface area contributed by atoms with Gasteiger partial charge in [0.05, 0.1) is 5.41 Å². The summed E-state index contributed by atoms with van der Waals surface area (Å²) < 4.78 is 0. The van der Waals surface area contributed by atoms with Gasteiger partial charge >= 0.3 is 0 Å². The lowest BCUT2D eigenvalue weighted by Gasteiger charge is -2.44. The van der Waals surface area contributed by atoms with Crippen LogP contribution in [0.1, 0.15) is 44.9 Å². The molecule has 4 aliphatic rings. The Hall–Kier alpha value is -4.35. The zero-order chi connectivity index (χ0) is 30.6. The number of nitrogens with zero attached hydrogens (tertiary/aromatic N) is 1. The van der Waals surface area contributed by atoms with Crippen molar-refractivity contribution in [1.29, 1.82) is 0 Å². The Morgan fingerprint density at radius 3 is 2.20 bits per heavy atom. The molecule has 2 N–H and O–H groups in total. The molecule has 0 aromatic heterocycles. The van der Waals surface area contributed by atoms with Crippen molar-refractivity contribution in [3.05, 3.63) is 160 Å². The predicted octanol–water partition coefficient (Wildman–Crippen LogP) is 6.78. The van der Waals surface area contributed by atoms with E-state index in [-0.39, 0.29) is 17.7 Å². The van der Waals surface area contributed by atoms with Crippen molar-refractivity contribution < 1.29 is 9.90 Å². The number of hydrogen-bond donors (Lipinski definition) is 2. The number of aliphatic hydroxyl groups is 1. The number of Topliss-reactive ketones (excluding diaryl/α,β-unsaturated/α-hetero) is 1. The van der Waals surface area contributed by atoms with E-state index in [2.05, 4.69) is 133 Å². The molecule has 6 atom stereocenters. The van der Waals surface area contributed by atoms with E-state index in [1.54, 1.807) is 0 Å². The van der Waals surface area contributed by atoms with Crippen LogP contribution in [0.25, 0.3) is 16.8 Å². The Balaban J connectivity index is 1.35. The third-order valence-corrected chi connectivity index (χ3v) is 11.3. The van der Waals surface area contributed by atoms with Gasteiger partial charge in [0.2, 0.25) is 0 Å². The Bertz CT molecular complexity index is 2030. The first-order valence-corrected chi connectivity index (χ1v) is 16.1. The lowest BCUT2D eigenvalue weighted by atomic mass is 9.57. The maximum Gasteiger partial charge on any atom is 0.170 e. The van der Waals surface area contributed by atoms with E-state index in [0.29, 0.717) is 13.1 Å². The number of carbonyl (C=O) groups excluding carboxylic acids is 1. The fourth-order valence-electron chi connectivity index (χ4n) is 9.59. The molecule has 1 aliphatic carbocycles. The second-order valence-electron chi connectivity index (χ2n) is 13.7. The maximum absolute atomic E-state index is 15.6. The largest absolute Gasteiger partial charge is 0.369 e. The zero-order valence-corrected chi connectivity index (χ0v) is 25.6. The standard InChI is InChI=1S/C41H36N2O2/c1-26-14-18-29(19-15-26)22-32-24-43-25-39(38(32)44)37(31-20-16-27(2)17-21-31)35(23-28-8-4-3-5-9-28)42-40(39)33-12-6-10-30-11-7-13-34(36(30)33)41(40,43)45/h3-22,35,37,42,45H,23-25H2,1-2H3/b32-22+/t35-,37-,39-,40+,41+/m0/s1. The summed E-state index contributed by atoms with van der Waals surface area (Å²) in [6.45, 7) is 5.06. The van der Waals surface area contributed by atoms with Gasteiger partial charge in [-0.15, -0.1) is 0 Å². The molecule has 5 aromatic rings. The second kappa shape index (κ2) is 9.34. The van der Waals surface area contributed by atoms with Crippen LogP contribution < -0.4 is 5.32 Å². The third-order valence-electron chi connectivity index (χ3n) is 11.3. The summed E-state index contributed by atoms with van der Waals surface area (Å²) in [6.07, 6.45) is 2.81. The van der Waals surface area contributed by atoms with Crippen LogP contribution in [0, 0.1) is 19.3 Å². The molecule has 3 heterocycles. The third kappa shape index (κ3) is 3.34. The molecule has 9 rings (SSSR count). The van der Waals surface area contributed by atoms with E-state index < -0.39 is 16.7 Å². The number of carbonyl (C=O) groups is 1. The van der Waals surface area contributed by atoms with E-state index in [4.69, 9.17) is 0 Å². The molecule has 0 radical (unpaired) electrons. The minimum absolute atomic E-state index is 0.0870. The summed E-state index contributed by atoms with van der Waals surface area (Å²) in [6, 6.07) is 40.2. The quantitative estimate of drug-likeness (QED) is 0.228. The number of aryl methyl sites for hydroxylation is 2. The first-order valence-electron chi connectivity index (χ1n) is 16.1. The highest BCUT2D eigenvalue weighted by Crippen LogP contribution is 2.74. The monoisotopic (exact) mass is 588 g/mol. The summed E-state index contributed by atoms with van der Waals surface area (Å²) in [4.78, 5) is 17.8. The molecule has 3 fully saturated rings. The first-order chi connectivity index (χ1) is 21.9. The minimum Gasteiger partial charge on any atom is -0.369 e. The Labute approximate surface area is 264 Å². The van der Waals surface area contributed by atoms with Crippen molar-refractivity contribution in [2.45, 2.75) is 43.5 Å². The molecule has 4 heteroatoms. The number of nitrogens with one attached hydrogen (secondary N) is 1. The number of fused-ring (bicyclic) bond motifs is 3. The van der Waals surface area contributed by atoms with Crippen LogP contribution in [0.2, 0.25) is 0 Å². The van der Waals surface area contributed by atoms with Crippen LogP contribution in [0.15, 0.2) is 121 Å².